The van der Waals surface area contributed by atoms with Gasteiger partial charge in [-0.25, -0.2) is 4.79 Å². The number of urea groups is 1. The molecule has 0 saturated heterocycles. The first-order valence-corrected chi connectivity index (χ1v) is 5.95. The number of hydrogen-bond acceptors (Lipinski definition) is 3. The minimum atomic E-state index is -0.385. The Hall–Kier alpha value is -1.88. The van der Waals surface area contributed by atoms with Gasteiger partial charge in [0.1, 0.15) is 0 Å². The van der Waals surface area contributed by atoms with Crippen molar-refractivity contribution in [1.29, 1.82) is 0 Å². The van der Waals surface area contributed by atoms with Crippen LogP contribution in [-0.2, 0) is 11.2 Å². The fourth-order valence-electron chi connectivity index (χ4n) is 1.58. The summed E-state index contributed by atoms with van der Waals surface area (Å²) in [6.45, 7) is 2.36. The first kappa shape index (κ1) is 14.2. The van der Waals surface area contributed by atoms with Crippen LogP contribution in [-0.4, -0.2) is 36.5 Å². The van der Waals surface area contributed by atoms with Crippen molar-refractivity contribution in [1.82, 2.24) is 10.2 Å². The molecule has 0 aromatic heterocycles. The van der Waals surface area contributed by atoms with Crippen LogP contribution in [0, 0.1) is 0 Å². The van der Waals surface area contributed by atoms with Crippen LogP contribution in [0.5, 0.6) is 0 Å². The van der Waals surface area contributed by atoms with E-state index in [4.69, 9.17) is 5.73 Å². The molecule has 0 heterocycles. The zero-order chi connectivity index (χ0) is 13.4. The van der Waals surface area contributed by atoms with E-state index in [9.17, 15) is 9.59 Å². The minimum absolute atomic E-state index is 0.243. The molecule has 0 fully saturated rings. The van der Waals surface area contributed by atoms with Gasteiger partial charge in [0, 0.05) is 26.6 Å². The monoisotopic (exact) mass is 249 g/mol. The Balaban J connectivity index is 2.38. The van der Waals surface area contributed by atoms with E-state index in [-0.39, 0.29) is 25.0 Å². The van der Waals surface area contributed by atoms with E-state index in [0.717, 1.165) is 16.9 Å². The number of carbonyl (C=O) groups excluding carboxylic acids is 2. The summed E-state index contributed by atoms with van der Waals surface area (Å²) in [4.78, 5) is 24.0. The molecule has 1 aromatic rings. The standard InChI is InChI=1S/C13H19N3O2/c1-11(17)16(10-8-14)13(18)15-9-7-12-5-3-2-4-6-12/h2-6H,7-10,14H2,1H3,(H,15,18). The number of rotatable bonds is 5. The summed E-state index contributed by atoms with van der Waals surface area (Å²) in [6.07, 6.45) is 0.737. The van der Waals surface area contributed by atoms with Crippen molar-refractivity contribution in [2.24, 2.45) is 5.73 Å². The van der Waals surface area contributed by atoms with Crippen LogP contribution in [0.3, 0.4) is 0 Å². The summed E-state index contributed by atoms with van der Waals surface area (Å²) in [5.74, 6) is -0.294. The predicted octanol–water partition coefficient (Wildman–Crippen LogP) is 0.746. The van der Waals surface area contributed by atoms with Gasteiger partial charge in [-0.3, -0.25) is 9.69 Å². The highest BCUT2D eigenvalue weighted by Crippen LogP contribution is 1.98. The van der Waals surface area contributed by atoms with E-state index in [0.29, 0.717) is 6.54 Å². The second-order valence-electron chi connectivity index (χ2n) is 3.93. The molecule has 0 aliphatic heterocycles. The predicted molar refractivity (Wildman–Crippen MR) is 70.0 cm³/mol. The van der Waals surface area contributed by atoms with Crippen LogP contribution < -0.4 is 11.1 Å². The molecule has 0 atom stereocenters. The van der Waals surface area contributed by atoms with Gasteiger partial charge in [-0.2, -0.15) is 0 Å². The smallest absolute Gasteiger partial charge is 0.324 e. The first-order chi connectivity index (χ1) is 8.65. The highest BCUT2D eigenvalue weighted by molar-refractivity contribution is 5.93. The summed E-state index contributed by atoms with van der Waals surface area (Å²) in [6, 6.07) is 9.45. The van der Waals surface area contributed by atoms with Crippen molar-refractivity contribution < 1.29 is 9.59 Å². The lowest BCUT2D eigenvalue weighted by molar-refractivity contribution is -0.125. The molecule has 3 amide bonds. The molecule has 0 radical (unpaired) electrons. The summed E-state index contributed by atoms with van der Waals surface area (Å²) in [5.41, 5.74) is 6.50. The van der Waals surface area contributed by atoms with Crippen LogP contribution in [0.4, 0.5) is 4.79 Å². The number of nitrogens with one attached hydrogen (secondary N) is 1. The number of amides is 3. The molecule has 0 aliphatic carbocycles. The number of carbonyl (C=O) groups is 2. The zero-order valence-corrected chi connectivity index (χ0v) is 10.6. The van der Waals surface area contributed by atoms with Gasteiger partial charge in [-0.15, -0.1) is 0 Å². The van der Waals surface area contributed by atoms with Crippen molar-refractivity contribution in [3.05, 3.63) is 35.9 Å². The highest BCUT2D eigenvalue weighted by Gasteiger charge is 2.15. The van der Waals surface area contributed by atoms with Crippen LogP contribution >= 0.6 is 0 Å². The quantitative estimate of drug-likeness (QED) is 0.808. The molecular formula is C13H19N3O2. The number of nitrogens with two attached hydrogens (primary N) is 1. The Kier molecular flexibility index (Phi) is 5.87. The van der Waals surface area contributed by atoms with Gasteiger partial charge < -0.3 is 11.1 Å². The lowest BCUT2D eigenvalue weighted by atomic mass is 10.1. The van der Waals surface area contributed by atoms with E-state index in [2.05, 4.69) is 5.32 Å². The molecule has 98 valence electrons. The number of benzene rings is 1. The van der Waals surface area contributed by atoms with Crippen molar-refractivity contribution >= 4 is 11.9 Å². The maximum atomic E-state index is 11.7. The largest absolute Gasteiger partial charge is 0.337 e. The Bertz CT molecular complexity index is 392. The van der Waals surface area contributed by atoms with Gasteiger partial charge in [-0.1, -0.05) is 30.3 Å². The average Bonchev–Trinajstić information content (AvgIpc) is 2.36. The van der Waals surface area contributed by atoms with Crippen LogP contribution in [0.15, 0.2) is 30.3 Å². The normalized spacial score (nSPS) is 9.89. The first-order valence-electron chi connectivity index (χ1n) is 5.95. The Morgan fingerprint density at radius 2 is 1.94 bits per heavy atom. The molecule has 1 rings (SSSR count). The molecule has 0 bridgehead atoms. The van der Waals surface area contributed by atoms with Crippen LogP contribution in [0.1, 0.15) is 12.5 Å². The lowest BCUT2D eigenvalue weighted by Crippen LogP contribution is -2.45. The average molecular weight is 249 g/mol. The number of nitrogens with zero attached hydrogens (tertiary/aromatic N) is 1. The molecule has 18 heavy (non-hydrogen) atoms. The fourth-order valence-corrected chi connectivity index (χ4v) is 1.58. The van der Waals surface area contributed by atoms with Crippen molar-refractivity contribution in [2.75, 3.05) is 19.6 Å². The molecule has 5 heteroatoms. The number of imide groups is 1. The van der Waals surface area contributed by atoms with Gasteiger partial charge in [0.05, 0.1) is 0 Å². The Morgan fingerprint density at radius 1 is 1.28 bits per heavy atom. The molecule has 0 unspecified atom stereocenters. The molecule has 5 nitrogen and oxygen atoms in total. The minimum Gasteiger partial charge on any atom is -0.337 e. The highest BCUT2D eigenvalue weighted by atomic mass is 16.2. The van der Waals surface area contributed by atoms with E-state index in [1.54, 1.807) is 0 Å². The molecule has 3 N–H and O–H groups in total. The third-order valence-corrected chi connectivity index (χ3v) is 2.51. The molecule has 0 saturated carbocycles. The SMILES string of the molecule is CC(=O)N(CCN)C(=O)NCCc1ccccc1. The Morgan fingerprint density at radius 3 is 2.50 bits per heavy atom. The summed E-state index contributed by atoms with van der Waals surface area (Å²) >= 11 is 0. The van der Waals surface area contributed by atoms with E-state index >= 15 is 0 Å². The van der Waals surface area contributed by atoms with Crippen molar-refractivity contribution in [3.63, 3.8) is 0 Å². The van der Waals surface area contributed by atoms with E-state index in [1.165, 1.54) is 6.92 Å². The van der Waals surface area contributed by atoms with E-state index < -0.39 is 0 Å². The number of hydrogen-bond donors (Lipinski definition) is 2. The molecule has 1 aromatic carbocycles. The maximum Gasteiger partial charge on any atom is 0.324 e. The summed E-state index contributed by atoms with van der Waals surface area (Å²) < 4.78 is 0. The summed E-state index contributed by atoms with van der Waals surface area (Å²) in [5, 5.41) is 2.71. The third-order valence-electron chi connectivity index (χ3n) is 2.51. The maximum absolute atomic E-state index is 11.7. The lowest BCUT2D eigenvalue weighted by Gasteiger charge is -2.18. The fraction of sp³-hybridized carbons (Fsp3) is 0.385. The zero-order valence-electron chi connectivity index (χ0n) is 10.6. The van der Waals surface area contributed by atoms with Crippen molar-refractivity contribution in [3.8, 4) is 0 Å². The van der Waals surface area contributed by atoms with Crippen LogP contribution in [0.2, 0.25) is 0 Å². The molecule has 0 spiro atoms. The second kappa shape index (κ2) is 7.45. The third kappa shape index (κ3) is 4.55. The van der Waals surface area contributed by atoms with Gasteiger partial charge in [0.2, 0.25) is 5.91 Å². The van der Waals surface area contributed by atoms with Gasteiger partial charge in [0.15, 0.2) is 0 Å². The van der Waals surface area contributed by atoms with Crippen molar-refractivity contribution in [2.45, 2.75) is 13.3 Å². The van der Waals surface area contributed by atoms with E-state index in [1.807, 2.05) is 30.3 Å². The summed E-state index contributed by atoms with van der Waals surface area (Å²) in [7, 11) is 0. The topological polar surface area (TPSA) is 75.4 Å². The molecular weight excluding hydrogens is 230 g/mol. The van der Waals surface area contributed by atoms with Gasteiger partial charge in [-0.05, 0) is 12.0 Å². The second-order valence-corrected chi connectivity index (χ2v) is 3.93. The van der Waals surface area contributed by atoms with Crippen LogP contribution in [0.25, 0.3) is 0 Å². The van der Waals surface area contributed by atoms with Gasteiger partial charge >= 0.3 is 6.03 Å². The molecule has 0 aliphatic rings. The van der Waals surface area contributed by atoms with Gasteiger partial charge in [0.25, 0.3) is 0 Å². The Labute approximate surface area is 107 Å².